The Morgan fingerprint density at radius 2 is 1.62 bits per heavy atom. The number of hydrogen-bond donors (Lipinski definition) is 0. The van der Waals surface area contributed by atoms with Crippen molar-refractivity contribution in [1.29, 1.82) is 0 Å². The minimum atomic E-state index is -1.65. The summed E-state index contributed by atoms with van der Waals surface area (Å²) in [6, 6.07) is 6.06. The second kappa shape index (κ2) is 9.84. The topological polar surface area (TPSA) is 18.5 Å². The van der Waals surface area contributed by atoms with Crippen LogP contribution >= 0.6 is 22.6 Å². The van der Waals surface area contributed by atoms with Crippen molar-refractivity contribution in [3.8, 4) is 17.2 Å². The Morgan fingerprint density at radius 1 is 1.04 bits per heavy atom. The van der Waals surface area contributed by atoms with E-state index >= 15 is 0 Å². The molecule has 0 unspecified atom stereocenters. The Kier molecular flexibility index (Phi) is 8.82. The highest BCUT2D eigenvalue weighted by molar-refractivity contribution is 14.1. The molecular weight excluding hydrogens is 427 g/mol. The van der Waals surface area contributed by atoms with Gasteiger partial charge >= 0.3 is 0 Å². The smallest absolute Gasteiger partial charge is 0.146 e. The maximum absolute atomic E-state index is 5.82. The average molecular weight is 458 g/mol. The molecule has 0 amide bonds. The molecule has 0 aromatic heterocycles. The van der Waals surface area contributed by atoms with E-state index in [1.165, 1.54) is 3.57 Å². The van der Waals surface area contributed by atoms with Crippen LogP contribution in [0.25, 0.3) is 0 Å². The molecular formula is C20H31IO2Si. The van der Waals surface area contributed by atoms with Crippen LogP contribution in [0.4, 0.5) is 0 Å². The van der Waals surface area contributed by atoms with Crippen molar-refractivity contribution in [2.24, 2.45) is 0 Å². The largest absolute Gasteiger partial charge is 0.497 e. The standard InChI is InChI=1S/C20H31IO2Si/c1-15(2)24(16(3)4,17(5)6)12-8-11-23-14-18-13-19(22-7)9-10-20(18)21/h9-10,13,15-17H,11,14H2,1-7H3. The molecule has 0 saturated carbocycles. The first kappa shape index (κ1) is 21.5. The molecule has 1 aromatic rings. The van der Waals surface area contributed by atoms with Gasteiger partial charge in [-0.2, -0.15) is 0 Å². The molecule has 0 bridgehead atoms. The lowest BCUT2D eigenvalue weighted by Crippen LogP contribution is -2.43. The quantitative estimate of drug-likeness (QED) is 0.215. The monoisotopic (exact) mass is 458 g/mol. The number of hydrogen-bond acceptors (Lipinski definition) is 2. The first-order chi connectivity index (χ1) is 11.3. The number of halogens is 1. The van der Waals surface area contributed by atoms with E-state index in [2.05, 4.69) is 81.7 Å². The summed E-state index contributed by atoms with van der Waals surface area (Å²) in [5.41, 5.74) is 6.81. The number of rotatable bonds is 7. The minimum Gasteiger partial charge on any atom is -0.497 e. The molecule has 134 valence electrons. The normalized spacial score (nSPS) is 11.8. The molecule has 0 fully saturated rings. The molecule has 1 aromatic carbocycles. The maximum Gasteiger partial charge on any atom is 0.146 e. The Balaban J connectivity index is 2.75. The van der Waals surface area contributed by atoms with Crippen LogP contribution in [0.2, 0.25) is 16.6 Å². The third-order valence-corrected chi connectivity index (χ3v) is 12.2. The van der Waals surface area contributed by atoms with Gasteiger partial charge in [0.05, 0.1) is 13.7 Å². The van der Waals surface area contributed by atoms with Crippen LogP contribution in [-0.4, -0.2) is 21.8 Å². The predicted octanol–water partition coefficient (Wildman–Crippen LogP) is 6.04. The van der Waals surface area contributed by atoms with Crippen molar-refractivity contribution < 1.29 is 9.47 Å². The summed E-state index contributed by atoms with van der Waals surface area (Å²) in [4.78, 5) is 0. The molecule has 1 rings (SSSR count). The molecule has 0 atom stereocenters. The molecule has 0 aliphatic carbocycles. The van der Waals surface area contributed by atoms with Crippen molar-refractivity contribution >= 4 is 30.7 Å². The fourth-order valence-corrected chi connectivity index (χ4v) is 9.36. The van der Waals surface area contributed by atoms with Crippen molar-refractivity contribution in [2.75, 3.05) is 13.7 Å². The molecule has 0 N–H and O–H groups in total. The van der Waals surface area contributed by atoms with Gasteiger partial charge < -0.3 is 9.47 Å². The number of methoxy groups -OCH3 is 1. The molecule has 0 heterocycles. The summed E-state index contributed by atoms with van der Waals surface area (Å²) < 4.78 is 12.3. The van der Waals surface area contributed by atoms with Crippen LogP contribution in [0.1, 0.15) is 47.1 Å². The van der Waals surface area contributed by atoms with Gasteiger partial charge in [-0.3, -0.25) is 0 Å². The van der Waals surface area contributed by atoms with E-state index in [4.69, 9.17) is 9.47 Å². The Labute approximate surface area is 162 Å². The Bertz CT molecular complexity index is 563. The minimum absolute atomic E-state index is 0.494. The molecule has 4 heteroatoms. The molecule has 2 nitrogen and oxygen atoms in total. The summed E-state index contributed by atoms with van der Waals surface area (Å²) in [5, 5.41) is 0. The number of benzene rings is 1. The first-order valence-electron chi connectivity index (χ1n) is 8.65. The van der Waals surface area contributed by atoms with Crippen LogP contribution in [-0.2, 0) is 11.3 Å². The third-order valence-electron chi connectivity index (χ3n) is 4.86. The second-order valence-corrected chi connectivity index (χ2v) is 13.9. The van der Waals surface area contributed by atoms with Crippen molar-refractivity contribution in [1.82, 2.24) is 0 Å². The Hall–Kier alpha value is -0.513. The van der Waals surface area contributed by atoms with Gasteiger partial charge in [-0.1, -0.05) is 47.5 Å². The molecule has 0 radical (unpaired) electrons. The van der Waals surface area contributed by atoms with Crippen LogP contribution in [0.3, 0.4) is 0 Å². The Morgan fingerprint density at radius 3 is 2.12 bits per heavy atom. The highest BCUT2D eigenvalue weighted by Gasteiger charge is 2.41. The van der Waals surface area contributed by atoms with Crippen LogP contribution < -0.4 is 4.74 Å². The van der Waals surface area contributed by atoms with E-state index in [1.54, 1.807) is 7.11 Å². The summed E-state index contributed by atoms with van der Waals surface area (Å²) in [6.07, 6.45) is 0. The summed E-state index contributed by atoms with van der Waals surface area (Å²) in [6.45, 7) is 15.1. The zero-order valence-electron chi connectivity index (χ0n) is 16.1. The van der Waals surface area contributed by atoms with E-state index in [-0.39, 0.29) is 0 Å². The van der Waals surface area contributed by atoms with Gasteiger partial charge in [0, 0.05) is 3.57 Å². The molecule has 0 spiro atoms. The van der Waals surface area contributed by atoms with Crippen molar-refractivity contribution in [3.05, 3.63) is 27.3 Å². The SMILES string of the molecule is COc1ccc(I)c(COCC#C[Si](C(C)C)(C(C)C)C(C)C)c1. The highest BCUT2D eigenvalue weighted by atomic mass is 127. The van der Waals surface area contributed by atoms with E-state index < -0.39 is 8.07 Å². The summed E-state index contributed by atoms with van der Waals surface area (Å²) in [5.74, 6) is 4.21. The average Bonchev–Trinajstić information content (AvgIpc) is 2.51. The summed E-state index contributed by atoms with van der Waals surface area (Å²) >= 11 is 2.33. The fourth-order valence-electron chi connectivity index (χ4n) is 3.62. The van der Waals surface area contributed by atoms with E-state index in [0.29, 0.717) is 29.8 Å². The first-order valence-corrected chi connectivity index (χ1v) is 12.0. The zero-order valence-corrected chi connectivity index (χ0v) is 19.2. The van der Waals surface area contributed by atoms with Crippen LogP contribution in [0, 0.1) is 15.0 Å². The van der Waals surface area contributed by atoms with Crippen molar-refractivity contribution in [3.63, 3.8) is 0 Å². The van der Waals surface area contributed by atoms with E-state index in [1.807, 2.05) is 12.1 Å². The van der Waals surface area contributed by atoms with Crippen molar-refractivity contribution in [2.45, 2.75) is 64.8 Å². The van der Waals surface area contributed by atoms with Gasteiger partial charge in [0.15, 0.2) is 0 Å². The molecule has 0 aliphatic heterocycles. The zero-order chi connectivity index (χ0) is 18.3. The number of ether oxygens (including phenoxy) is 2. The second-order valence-electron chi connectivity index (χ2n) is 7.15. The van der Waals surface area contributed by atoms with Gasteiger partial charge in [-0.05, 0) is 63.0 Å². The van der Waals surface area contributed by atoms with Crippen LogP contribution in [0.15, 0.2) is 18.2 Å². The van der Waals surface area contributed by atoms with Crippen LogP contribution in [0.5, 0.6) is 5.75 Å². The summed E-state index contributed by atoms with van der Waals surface area (Å²) in [7, 11) is 0.0417. The lowest BCUT2D eigenvalue weighted by Gasteiger charge is -2.38. The van der Waals surface area contributed by atoms with E-state index in [9.17, 15) is 0 Å². The van der Waals surface area contributed by atoms with Gasteiger partial charge in [0.1, 0.15) is 20.4 Å². The lowest BCUT2D eigenvalue weighted by molar-refractivity contribution is 0.152. The molecule has 0 aliphatic rings. The van der Waals surface area contributed by atoms with Gasteiger partial charge in [-0.15, -0.1) is 5.54 Å². The third kappa shape index (κ3) is 5.24. The molecule has 0 saturated heterocycles. The predicted molar refractivity (Wildman–Crippen MR) is 114 cm³/mol. The molecule has 24 heavy (non-hydrogen) atoms. The van der Waals surface area contributed by atoms with E-state index in [0.717, 1.165) is 11.3 Å². The van der Waals surface area contributed by atoms with Gasteiger partial charge in [-0.25, -0.2) is 0 Å². The highest BCUT2D eigenvalue weighted by Crippen LogP contribution is 2.40. The fraction of sp³-hybridized carbons (Fsp3) is 0.600. The van der Waals surface area contributed by atoms with Gasteiger partial charge in [0.25, 0.3) is 0 Å². The maximum atomic E-state index is 5.82. The lowest BCUT2D eigenvalue weighted by atomic mass is 10.2. The van der Waals surface area contributed by atoms with Gasteiger partial charge in [0.2, 0.25) is 0 Å².